The number of halogens is 1. The second-order valence-corrected chi connectivity index (χ2v) is 12.3. The van der Waals surface area contributed by atoms with Gasteiger partial charge in [-0.2, -0.15) is 0 Å². The second-order valence-electron chi connectivity index (χ2n) is 12.0. The Morgan fingerprint density at radius 1 is 0.562 bits per heavy atom. The first-order valence-electron chi connectivity index (χ1n) is 11.8. The number of hydrogen-bond donors (Lipinski definition) is 0. The summed E-state index contributed by atoms with van der Waals surface area (Å²) >= 11 is 6.61. The van der Waals surface area contributed by atoms with Gasteiger partial charge in [0, 0.05) is 27.5 Å². The third-order valence-electron chi connectivity index (χ3n) is 9.50. The van der Waals surface area contributed by atoms with Crippen LogP contribution in [-0.4, -0.2) is 21.0 Å². The highest BCUT2D eigenvalue weighted by molar-refractivity contribution is 6.30. The molecule has 1 aliphatic heterocycles. The maximum atomic E-state index is 6.61. The van der Waals surface area contributed by atoms with Crippen molar-refractivity contribution in [2.24, 2.45) is 0 Å². The Morgan fingerprint density at radius 3 is 1.31 bits per heavy atom. The normalized spacial score (nSPS) is 20.7. The zero-order chi connectivity index (χ0) is 24.8. The SMILES string of the molecule is Cc1nc(Cl)c(C)c(N2C(C)(C)C(C)(C)c3c(C)c(C)c(C)c(C)c3C(C)(C)C2(C)C)n1. The molecule has 2 heterocycles. The van der Waals surface area contributed by atoms with Crippen LogP contribution in [0, 0.1) is 41.5 Å². The minimum atomic E-state index is -0.257. The maximum Gasteiger partial charge on any atom is 0.137 e. The zero-order valence-electron chi connectivity index (χ0n) is 22.7. The highest BCUT2D eigenvalue weighted by Gasteiger charge is 2.59. The van der Waals surface area contributed by atoms with Crippen LogP contribution in [0.15, 0.2) is 0 Å². The fraction of sp³-hybridized carbons (Fsp3) is 0.643. The fourth-order valence-electron chi connectivity index (χ4n) is 6.07. The molecule has 0 atom stereocenters. The topological polar surface area (TPSA) is 29.0 Å². The van der Waals surface area contributed by atoms with Crippen molar-refractivity contribution in [3.8, 4) is 0 Å². The smallest absolute Gasteiger partial charge is 0.137 e. The van der Waals surface area contributed by atoms with E-state index in [-0.39, 0.29) is 21.9 Å². The van der Waals surface area contributed by atoms with Crippen LogP contribution in [0.4, 0.5) is 5.82 Å². The first-order valence-corrected chi connectivity index (χ1v) is 12.1. The van der Waals surface area contributed by atoms with Crippen molar-refractivity contribution in [3.63, 3.8) is 0 Å². The van der Waals surface area contributed by atoms with Gasteiger partial charge < -0.3 is 4.90 Å². The van der Waals surface area contributed by atoms with E-state index < -0.39 is 0 Å². The van der Waals surface area contributed by atoms with Gasteiger partial charge in [-0.3, -0.25) is 0 Å². The van der Waals surface area contributed by atoms with E-state index in [9.17, 15) is 0 Å². The maximum absolute atomic E-state index is 6.61. The van der Waals surface area contributed by atoms with Crippen molar-refractivity contribution in [2.75, 3.05) is 4.90 Å². The molecule has 0 bridgehead atoms. The van der Waals surface area contributed by atoms with Crippen LogP contribution in [0.3, 0.4) is 0 Å². The highest BCUT2D eigenvalue weighted by atomic mass is 35.5. The van der Waals surface area contributed by atoms with E-state index in [0.29, 0.717) is 11.0 Å². The molecule has 0 N–H and O–H groups in total. The Morgan fingerprint density at radius 2 is 0.938 bits per heavy atom. The lowest BCUT2D eigenvalue weighted by atomic mass is 9.62. The fourth-order valence-corrected chi connectivity index (χ4v) is 6.28. The highest BCUT2D eigenvalue weighted by Crippen LogP contribution is 2.57. The van der Waals surface area contributed by atoms with Crippen LogP contribution in [0.5, 0.6) is 0 Å². The average Bonchev–Trinajstić information content (AvgIpc) is 2.67. The summed E-state index contributed by atoms with van der Waals surface area (Å²) < 4.78 is 0. The van der Waals surface area contributed by atoms with Gasteiger partial charge in [0.2, 0.25) is 0 Å². The molecule has 0 amide bonds. The summed E-state index contributed by atoms with van der Waals surface area (Å²) in [5, 5.41) is 0.538. The molecule has 176 valence electrons. The van der Waals surface area contributed by atoms with Crippen molar-refractivity contribution < 1.29 is 0 Å². The summed E-state index contributed by atoms with van der Waals surface area (Å²) in [4.78, 5) is 12.0. The molecule has 32 heavy (non-hydrogen) atoms. The van der Waals surface area contributed by atoms with E-state index in [1.54, 1.807) is 0 Å². The van der Waals surface area contributed by atoms with Gasteiger partial charge in [0.25, 0.3) is 0 Å². The number of aromatic nitrogens is 2. The van der Waals surface area contributed by atoms with Gasteiger partial charge in [0.15, 0.2) is 0 Å². The number of rotatable bonds is 1. The third kappa shape index (κ3) is 2.99. The van der Waals surface area contributed by atoms with E-state index in [1.807, 2.05) is 13.8 Å². The van der Waals surface area contributed by atoms with Crippen molar-refractivity contribution in [1.29, 1.82) is 0 Å². The molecule has 1 aliphatic rings. The summed E-state index contributed by atoms with van der Waals surface area (Å²) in [5.41, 5.74) is 8.74. The summed E-state index contributed by atoms with van der Waals surface area (Å²) in [6.07, 6.45) is 0. The molecule has 0 saturated heterocycles. The van der Waals surface area contributed by atoms with Crippen LogP contribution < -0.4 is 4.90 Å². The molecule has 3 rings (SSSR count). The summed E-state index contributed by atoms with van der Waals surface area (Å²) in [5.74, 6) is 1.65. The number of fused-ring (bicyclic) bond motifs is 1. The lowest BCUT2D eigenvalue weighted by Gasteiger charge is -2.58. The Bertz CT molecular complexity index is 1050. The monoisotopic (exact) mass is 455 g/mol. The molecular weight excluding hydrogens is 414 g/mol. The number of nitrogens with zero attached hydrogens (tertiary/aromatic N) is 3. The summed E-state index contributed by atoms with van der Waals surface area (Å²) in [6.45, 7) is 32.3. The summed E-state index contributed by atoms with van der Waals surface area (Å²) in [7, 11) is 0. The Balaban J connectivity index is 2.58. The Kier molecular flexibility index (Phi) is 5.62. The molecule has 4 heteroatoms. The first-order chi connectivity index (χ1) is 14.3. The zero-order valence-corrected chi connectivity index (χ0v) is 23.5. The predicted molar refractivity (Wildman–Crippen MR) is 139 cm³/mol. The average molecular weight is 456 g/mol. The standard InChI is InChI=1S/C28H42ClN3/c1-15-16(2)18(4)22-21(17(15)3)25(7,8)27(11,12)32(28(13,14)26(22,9)10)24-19(5)23(29)30-20(6)31-24/h1-14H3. The van der Waals surface area contributed by atoms with Gasteiger partial charge in [-0.05, 0) is 103 Å². The minimum Gasteiger partial charge on any atom is -0.344 e. The van der Waals surface area contributed by atoms with Crippen molar-refractivity contribution >= 4 is 17.4 Å². The van der Waals surface area contributed by atoms with Crippen LogP contribution in [0.2, 0.25) is 5.15 Å². The predicted octanol–water partition coefficient (Wildman–Crippen LogP) is 7.61. The molecule has 1 aromatic carbocycles. The molecule has 0 fully saturated rings. The largest absolute Gasteiger partial charge is 0.344 e. The third-order valence-corrected chi connectivity index (χ3v) is 9.87. The van der Waals surface area contributed by atoms with Crippen LogP contribution in [-0.2, 0) is 10.8 Å². The molecular formula is C28H42ClN3. The van der Waals surface area contributed by atoms with E-state index in [4.69, 9.17) is 16.6 Å². The second kappa shape index (κ2) is 7.19. The summed E-state index contributed by atoms with van der Waals surface area (Å²) in [6, 6.07) is 0. The molecule has 0 spiro atoms. The number of benzene rings is 1. The van der Waals surface area contributed by atoms with Crippen LogP contribution in [0.1, 0.15) is 100 Å². The van der Waals surface area contributed by atoms with Crippen molar-refractivity contribution in [1.82, 2.24) is 9.97 Å². The van der Waals surface area contributed by atoms with Gasteiger partial charge in [0.05, 0.1) is 0 Å². The molecule has 0 saturated carbocycles. The molecule has 0 radical (unpaired) electrons. The van der Waals surface area contributed by atoms with Crippen molar-refractivity contribution in [2.45, 2.75) is 119 Å². The minimum absolute atomic E-state index is 0.154. The van der Waals surface area contributed by atoms with Gasteiger partial charge in [-0.15, -0.1) is 0 Å². The molecule has 1 aromatic heterocycles. The van der Waals surface area contributed by atoms with Gasteiger partial charge in [-0.1, -0.05) is 39.3 Å². The van der Waals surface area contributed by atoms with Gasteiger partial charge in [0.1, 0.15) is 16.8 Å². The lowest BCUT2D eigenvalue weighted by molar-refractivity contribution is 0.200. The molecule has 0 unspecified atom stereocenters. The van der Waals surface area contributed by atoms with Gasteiger partial charge in [-0.25, -0.2) is 9.97 Å². The molecule has 0 aliphatic carbocycles. The van der Waals surface area contributed by atoms with Crippen LogP contribution >= 0.6 is 11.6 Å². The van der Waals surface area contributed by atoms with E-state index >= 15 is 0 Å². The quantitative estimate of drug-likeness (QED) is 0.414. The molecule has 3 nitrogen and oxygen atoms in total. The van der Waals surface area contributed by atoms with E-state index in [2.05, 4.69) is 93.0 Å². The number of anilines is 1. The first kappa shape index (κ1) is 25.0. The van der Waals surface area contributed by atoms with Gasteiger partial charge >= 0.3 is 0 Å². The Labute approximate surface area is 201 Å². The van der Waals surface area contributed by atoms with Crippen molar-refractivity contribution in [3.05, 3.63) is 49.9 Å². The number of hydrogen-bond acceptors (Lipinski definition) is 3. The van der Waals surface area contributed by atoms with Crippen LogP contribution in [0.25, 0.3) is 0 Å². The van der Waals surface area contributed by atoms with E-state index in [0.717, 1.165) is 11.4 Å². The Hall–Kier alpha value is -1.61. The number of aryl methyl sites for hydroxylation is 1. The van der Waals surface area contributed by atoms with E-state index in [1.165, 1.54) is 33.4 Å². The lowest BCUT2D eigenvalue weighted by Crippen LogP contribution is -2.66. The molecule has 2 aromatic rings.